The SMILES string of the molecule is COC(=O)c1c(N)c(C#N)cn1-c1c(Br)cc(Br)c(F)c1C(=O)O. The van der Waals surface area contributed by atoms with E-state index < -0.39 is 23.3 Å². The predicted octanol–water partition coefficient (Wildman–Crippen LogP) is 3.08. The summed E-state index contributed by atoms with van der Waals surface area (Å²) in [4.78, 5) is 23.5. The molecule has 0 bridgehead atoms. The average molecular weight is 461 g/mol. The highest BCUT2D eigenvalue weighted by Gasteiger charge is 2.29. The van der Waals surface area contributed by atoms with Crippen LogP contribution in [0, 0.1) is 17.1 Å². The lowest BCUT2D eigenvalue weighted by atomic mass is 10.1. The predicted molar refractivity (Wildman–Crippen MR) is 88.6 cm³/mol. The number of halogens is 3. The van der Waals surface area contributed by atoms with Gasteiger partial charge in [0.1, 0.15) is 11.6 Å². The molecule has 0 aliphatic carbocycles. The number of carbonyl (C=O) groups is 2. The molecule has 0 unspecified atom stereocenters. The number of ether oxygens (including phenoxy) is 1. The summed E-state index contributed by atoms with van der Waals surface area (Å²) in [6.45, 7) is 0. The summed E-state index contributed by atoms with van der Waals surface area (Å²) in [5.74, 6) is -3.51. The van der Waals surface area contributed by atoms with Crippen LogP contribution in [0.15, 0.2) is 21.2 Å². The Morgan fingerprint density at radius 2 is 2.04 bits per heavy atom. The van der Waals surface area contributed by atoms with Crippen molar-refractivity contribution in [3.8, 4) is 11.8 Å². The van der Waals surface area contributed by atoms with Crippen molar-refractivity contribution in [2.24, 2.45) is 0 Å². The zero-order chi connectivity index (χ0) is 18.2. The number of carboxylic acids is 1. The van der Waals surface area contributed by atoms with E-state index in [1.54, 1.807) is 6.07 Å². The minimum absolute atomic E-state index is 0.0815. The molecule has 1 aromatic carbocycles. The first kappa shape index (κ1) is 18.0. The van der Waals surface area contributed by atoms with Crippen LogP contribution in [0.4, 0.5) is 10.1 Å². The fourth-order valence-electron chi connectivity index (χ4n) is 2.11. The third-order valence-electron chi connectivity index (χ3n) is 3.14. The number of aromatic carboxylic acids is 1. The summed E-state index contributed by atoms with van der Waals surface area (Å²) in [5, 5.41) is 18.5. The minimum atomic E-state index is -1.56. The Balaban J connectivity index is 2.98. The smallest absolute Gasteiger partial charge is 0.357 e. The monoisotopic (exact) mass is 459 g/mol. The molecule has 7 nitrogen and oxygen atoms in total. The van der Waals surface area contributed by atoms with Gasteiger partial charge in [0.05, 0.1) is 28.5 Å². The molecule has 0 radical (unpaired) electrons. The second-order valence-corrected chi connectivity index (χ2v) is 6.17. The molecule has 24 heavy (non-hydrogen) atoms. The van der Waals surface area contributed by atoms with E-state index in [0.717, 1.165) is 17.9 Å². The van der Waals surface area contributed by atoms with Crippen molar-refractivity contribution in [1.29, 1.82) is 5.26 Å². The number of nitriles is 1. The van der Waals surface area contributed by atoms with Gasteiger partial charge >= 0.3 is 11.9 Å². The van der Waals surface area contributed by atoms with Crippen LogP contribution in [0.25, 0.3) is 5.69 Å². The minimum Gasteiger partial charge on any atom is -0.478 e. The van der Waals surface area contributed by atoms with Crippen molar-refractivity contribution < 1.29 is 23.8 Å². The van der Waals surface area contributed by atoms with E-state index in [9.17, 15) is 19.1 Å². The van der Waals surface area contributed by atoms with Gasteiger partial charge in [-0.25, -0.2) is 14.0 Å². The second kappa shape index (κ2) is 6.62. The molecule has 3 N–H and O–H groups in total. The van der Waals surface area contributed by atoms with Crippen molar-refractivity contribution in [3.05, 3.63) is 43.8 Å². The number of anilines is 1. The highest BCUT2D eigenvalue weighted by atomic mass is 79.9. The number of carbonyl (C=O) groups excluding carboxylic acids is 1. The van der Waals surface area contributed by atoms with Gasteiger partial charge in [-0.3, -0.25) is 0 Å². The van der Waals surface area contributed by atoms with Gasteiger partial charge in [-0.05, 0) is 37.9 Å². The molecule has 10 heteroatoms. The van der Waals surface area contributed by atoms with E-state index in [1.165, 1.54) is 6.07 Å². The van der Waals surface area contributed by atoms with Gasteiger partial charge in [0, 0.05) is 10.7 Å². The molecule has 0 amide bonds. The van der Waals surface area contributed by atoms with Crippen molar-refractivity contribution in [1.82, 2.24) is 4.57 Å². The zero-order valence-electron chi connectivity index (χ0n) is 11.9. The molecule has 0 aliphatic heterocycles. The molecule has 0 saturated heterocycles. The van der Waals surface area contributed by atoms with Crippen LogP contribution in [-0.4, -0.2) is 28.7 Å². The van der Waals surface area contributed by atoms with E-state index in [0.29, 0.717) is 0 Å². The third-order valence-corrected chi connectivity index (χ3v) is 4.33. The van der Waals surface area contributed by atoms with Crippen molar-refractivity contribution in [3.63, 3.8) is 0 Å². The lowest BCUT2D eigenvalue weighted by Crippen LogP contribution is -2.15. The summed E-state index contributed by atoms with van der Waals surface area (Å²) in [5.41, 5.74) is 4.30. The number of methoxy groups -OCH3 is 1. The van der Waals surface area contributed by atoms with E-state index in [2.05, 4.69) is 36.6 Å². The highest BCUT2D eigenvalue weighted by Crippen LogP contribution is 2.35. The Morgan fingerprint density at radius 3 is 2.54 bits per heavy atom. The normalized spacial score (nSPS) is 10.3. The zero-order valence-corrected chi connectivity index (χ0v) is 15.1. The van der Waals surface area contributed by atoms with Gasteiger partial charge in [-0.2, -0.15) is 5.26 Å². The summed E-state index contributed by atoms with van der Waals surface area (Å²) in [6, 6.07) is 3.06. The van der Waals surface area contributed by atoms with Crippen LogP contribution < -0.4 is 5.73 Å². The standard InChI is InChI=1S/C14H8Br2FN3O4/c1-24-14(23)12-10(19)5(3-18)4-20(12)11-7(16)2-6(15)9(17)8(11)13(21)22/h2,4H,19H2,1H3,(H,21,22). The second-order valence-electron chi connectivity index (χ2n) is 4.46. The Hall–Kier alpha value is -2.38. The molecule has 2 aromatic rings. The van der Waals surface area contributed by atoms with E-state index in [1.807, 2.05) is 0 Å². The Kier molecular flexibility index (Phi) is 4.96. The van der Waals surface area contributed by atoms with Crippen LogP contribution in [0.2, 0.25) is 0 Å². The summed E-state index contributed by atoms with van der Waals surface area (Å²) in [7, 11) is 1.10. The Bertz CT molecular complexity index is 918. The van der Waals surface area contributed by atoms with Crippen LogP contribution >= 0.6 is 31.9 Å². The van der Waals surface area contributed by atoms with Crippen LogP contribution in [-0.2, 0) is 4.74 Å². The van der Waals surface area contributed by atoms with E-state index >= 15 is 0 Å². The fourth-order valence-corrected chi connectivity index (χ4v) is 3.46. The number of nitrogens with zero attached hydrogens (tertiary/aromatic N) is 2. The Labute approximate surface area is 151 Å². The van der Waals surface area contributed by atoms with Gasteiger partial charge in [0.25, 0.3) is 0 Å². The van der Waals surface area contributed by atoms with E-state index in [-0.39, 0.29) is 31.6 Å². The first-order chi connectivity index (χ1) is 11.2. The molecule has 124 valence electrons. The van der Waals surface area contributed by atoms with Crippen molar-refractivity contribution in [2.75, 3.05) is 12.8 Å². The molecule has 0 saturated carbocycles. The fraction of sp³-hybridized carbons (Fsp3) is 0.0714. The average Bonchev–Trinajstić information content (AvgIpc) is 2.85. The molecule has 0 spiro atoms. The number of aromatic nitrogens is 1. The molecule has 1 aromatic heterocycles. The summed E-state index contributed by atoms with van der Waals surface area (Å²) < 4.78 is 20.0. The Morgan fingerprint density at radius 1 is 1.42 bits per heavy atom. The van der Waals surface area contributed by atoms with Gasteiger partial charge < -0.3 is 20.1 Å². The van der Waals surface area contributed by atoms with Crippen molar-refractivity contribution >= 4 is 49.5 Å². The van der Waals surface area contributed by atoms with E-state index in [4.69, 9.17) is 11.0 Å². The largest absolute Gasteiger partial charge is 0.478 e. The first-order valence-corrected chi connectivity index (χ1v) is 7.73. The lowest BCUT2D eigenvalue weighted by molar-refractivity contribution is 0.0590. The number of hydrogen-bond donors (Lipinski definition) is 2. The van der Waals surface area contributed by atoms with Crippen LogP contribution in [0.5, 0.6) is 0 Å². The molecule has 2 rings (SSSR count). The number of nitrogen functional groups attached to an aromatic ring is 1. The number of hydrogen-bond acceptors (Lipinski definition) is 5. The maximum absolute atomic E-state index is 14.3. The molecular formula is C14H8Br2FN3O4. The maximum atomic E-state index is 14.3. The van der Waals surface area contributed by atoms with Crippen molar-refractivity contribution in [2.45, 2.75) is 0 Å². The lowest BCUT2D eigenvalue weighted by Gasteiger charge is -2.15. The molecule has 1 heterocycles. The molecule has 0 aliphatic rings. The maximum Gasteiger partial charge on any atom is 0.357 e. The highest BCUT2D eigenvalue weighted by molar-refractivity contribution is 9.11. The number of carboxylic acid groups (broad SMARTS) is 1. The van der Waals surface area contributed by atoms with Crippen LogP contribution in [0.1, 0.15) is 26.4 Å². The third kappa shape index (κ3) is 2.76. The quantitative estimate of drug-likeness (QED) is 0.536. The summed E-state index contributed by atoms with van der Waals surface area (Å²) >= 11 is 6.06. The van der Waals surface area contributed by atoms with Gasteiger partial charge in [0.2, 0.25) is 0 Å². The topological polar surface area (TPSA) is 118 Å². The number of esters is 1. The summed E-state index contributed by atoms with van der Waals surface area (Å²) in [6.07, 6.45) is 1.14. The molecule has 0 atom stereocenters. The van der Waals surface area contributed by atoms with Gasteiger partial charge in [-0.15, -0.1) is 0 Å². The van der Waals surface area contributed by atoms with Gasteiger partial charge in [-0.1, -0.05) is 0 Å². The number of nitrogens with two attached hydrogens (primary N) is 1. The first-order valence-electron chi connectivity index (χ1n) is 6.14. The molecular weight excluding hydrogens is 453 g/mol. The number of rotatable bonds is 3. The molecule has 0 fully saturated rings. The van der Waals surface area contributed by atoms with Crippen LogP contribution in [0.3, 0.4) is 0 Å². The van der Waals surface area contributed by atoms with Gasteiger partial charge in [0.15, 0.2) is 11.5 Å². The number of benzene rings is 1.